The summed E-state index contributed by atoms with van der Waals surface area (Å²) < 4.78 is 20.8. The first-order valence-corrected chi connectivity index (χ1v) is 7.25. The fourth-order valence-corrected chi connectivity index (χ4v) is 2.79. The molecule has 124 valence electrons. The zero-order chi connectivity index (χ0) is 17.3. The lowest BCUT2D eigenvalue weighted by Crippen LogP contribution is -2.37. The Morgan fingerprint density at radius 2 is 1.75 bits per heavy atom. The maximum atomic E-state index is 12.2. The summed E-state index contributed by atoms with van der Waals surface area (Å²) in [6.07, 6.45) is -1.25. The maximum absolute atomic E-state index is 12.2. The molecule has 0 amide bonds. The van der Waals surface area contributed by atoms with Crippen molar-refractivity contribution >= 4 is 28.5 Å². The molecule has 6 heteroatoms. The second kappa shape index (κ2) is 6.23. The highest BCUT2D eigenvalue weighted by atomic mass is 16.6. The molecule has 2 aromatic carbocycles. The fraction of sp³-hybridized carbons (Fsp3) is 0.222. The van der Waals surface area contributed by atoms with Gasteiger partial charge in [0.1, 0.15) is 17.1 Å². The molecule has 1 atom stereocenters. The monoisotopic (exact) mass is 328 g/mol. The van der Waals surface area contributed by atoms with Crippen molar-refractivity contribution in [2.24, 2.45) is 0 Å². The zero-order valence-electron chi connectivity index (χ0n) is 13.5. The van der Waals surface area contributed by atoms with E-state index in [2.05, 4.69) is 0 Å². The molecule has 1 heterocycles. The molecule has 0 bridgehead atoms. The van der Waals surface area contributed by atoms with Crippen LogP contribution in [0.1, 0.15) is 5.56 Å². The summed E-state index contributed by atoms with van der Waals surface area (Å²) in [6, 6.07) is 11.3. The summed E-state index contributed by atoms with van der Waals surface area (Å²) in [5, 5.41) is 1.75. The van der Waals surface area contributed by atoms with Gasteiger partial charge in [0.25, 0.3) is 0 Å². The van der Waals surface area contributed by atoms with E-state index in [1.54, 1.807) is 6.07 Å². The van der Waals surface area contributed by atoms with Crippen LogP contribution < -0.4 is 4.74 Å². The Morgan fingerprint density at radius 3 is 2.42 bits per heavy atom. The number of esters is 2. The Morgan fingerprint density at radius 1 is 1.00 bits per heavy atom. The van der Waals surface area contributed by atoms with Gasteiger partial charge < -0.3 is 18.9 Å². The van der Waals surface area contributed by atoms with Crippen LogP contribution in [0.4, 0.5) is 0 Å². The summed E-state index contributed by atoms with van der Waals surface area (Å²) in [7, 11) is 3.88. The van der Waals surface area contributed by atoms with Crippen molar-refractivity contribution in [2.45, 2.75) is 6.10 Å². The van der Waals surface area contributed by atoms with Gasteiger partial charge >= 0.3 is 11.9 Å². The van der Waals surface area contributed by atoms with Crippen molar-refractivity contribution in [2.75, 3.05) is 21.3 Å². The summed E-state index contributed by atoms with van der Waals surface area (Å²) in [5.74, 6) is -0.707. The third-order valence-corrected chi connectivity index (χ3v) is 3.89. The van der Waals surface area contributed by atoms with Crippen molar-refractivity contribution in [3.8, 4) is 5.75 Å². The molecule has 0 aromatic heterocycles. The van der Waals surface area contributed by atoms with Crippen LogP contribution in [0.2, 0.25) is 0 Å². The Labute approximate surface area is 138 Å². The third kappa shape index (κ3) is 2.36. The van der Waals surface area contributed by atoms with Gasteiger partial charge in [0, 0.05) is 5.39 Å². The van der Waals surface area contributed by atoms with E-state index in [1.165, 1.54) is 21.3 Å². The van der Waals surface area contributed by atoms with Gasteiger partial charge in [0.15, 0.2) is 0 Å². The van der Waals surface area contributed by atoms with Crippen LogP contribution in [0, 0.1) is 0 Å². The van der Waals surface area contributed by atoms with E-state index < -0.39 is 18.0 Å². The van der Waals surface area contributed by atoms with Gasteiger partial charge in [-0.15, -0.1) is 0 Å². The molecule has 24 heavy (non-hydrogen) atoms. The Bertz CT molecular complexity index is 852. The molecule has 1 unspecified atom stereocenters. The molecule has 6 nitrogen and oxygen atoms in total. The number of hydrogen-bond acceptors (Lipinski definition) is 6. The number of ether oxygens (including phenoxy) is 4. The Hall–Kier alpha value is -3.02. The average molecular weight is 328 g/mol. The first-order valence-electron chi connectivity index (χ1n) is 7.25. The van der Waals surface area contributed by atoms with E-state index >= 15 is 0 Å². The van der Waals surface area contributed by atoms with Crippen LogP contribution in [0.15, 0.2) is 42.0 Å². The van der Waals surface area contributed by atoms with Gasteiger partial charge in [-0.1, -0.05) is 30.3 Å². The number of hydrogen-bond donors (Lipinski definition) is 0. The Kier molecular flexibility index (Phi) is 4.12. The summed E-state index contributed by atoms with van der Waals surface area (Å²) >= 11 is 0. The van der Waals surface area contributed by atoms with Gasteiger partial charge in [-0.05, 0) is 11.5 Å². The van der Waals surface area contributed by atoms with Crippen molar-refractivity contribution < 1.29 is 28.5 Å². The highest BCUT2D eigenvalue weighted by Crippen LogP contribution is 2.41. The molecule has 2 aromatic rings. The quantitative estimate of drug-likeness (QED) is 0.805. The first kappa shape index (κ1) is 15.9. The Balaban J connectivity index is 2.32. The summed E-state index contributed by atoms with van der Waals surface area (Å²) in [4.78, 5) is 24.4. The molecule has 1 aliphatic heterocycles. The number of carbonyl (C=O) groups excluding carboxylic acids is 2. The van der Waals surface area contributed by atoms with Crippen LogP contribution in [0.5, 0.6) is 5.75 Å². The number of benzene rings is 2. The lowest BCUT2D eigenvalue weighted by molar-refractivity contribution is -0.150. The smallest absolute Gasteiger partial charge is 0.352 e. The van der Waals surface area contributed by atoms with Crippen LogP contribution in [0.3, 0.4) is 0 Å². The van der Waals surface area contributed by atoms with Crippen LogP contribution in [-0.4, -0.2) is 39.4 Å². The van der Waals surface area contributed by atoms with Crippen LogP contribution in [-0.2, 0) is 23.8 Å². The number of carbonyl (C=O) groups is 2. The molecule has 0 N–H and O–H groups in total. The minimum atomic E-state index is -1.25. The second-order valence-corrected chi connectivity index (χ2v) is 5.12. The predicted molar refractivity (Wildman–Crippen MR) is 86.3 cm³/mol. The van der Waals surface area contributed by atoms with Gasteiger partial charge in [-0.2, -0.15) is 0 Å². The number of methoxy groups -OCH3 is 3. The number of rotatable bonds is 3. The van der Waals surface area contributed by atoms with Gasteiger partial charge in [0.2, 0.25) is 6.10 Å². The molecule has 1 aliphatic rings. The van der Waals surface area contributed by atoms with E-state index in [0.717, 1.165) is 10.8 Å². The minimum Gasteiger partial charge on any atom is -0.495 e. The molecule has 0 aliphatic carbocycles. The van der Waals surface area contributed by atoms with Gasteiger partial charge in [0.05, 0.1) is 26.9 Å². The third-order valence-electron chi connectivity index (χ3n) is 3.89. The van der Waals surface area contributed by atoms with Crippen LogP contribution in [0.25, 0.3) is 16.5 Å². The van der Waals surface area contributed by atoms with Gasteiger partial charge in [-0.25, -0.2) is 9.59 Å². The standard InChI is InChI=1S/C18H16O6/c1-21-15-12-9-8-10-6-4-5-7-11(10)14(12)24-16(18(20)23-3)13(15)17(19)22-2/h4-9,16H,1-3H3. The number of fused-ring (bicyclic) bond motifs is 3. The van der Waals surface area contributed by atoms with Crippen molar-refractivity contribution in [3.63, 3.8) is 0 Å². The highest BCUT2D eigenvalue weighted by Gasteiger charge is 2.40. The van der Waals surface area contributed by atoms with E-state index in [1.807, 2.05) is 30.3 Å². The molecule has 0 saturated carbocycles. The first-order chi connectivity index (χ1) is 11.6. The lowest BCUT2D eigenvalue weighted by atomic mass is 9.96. The molecule has 0 spiro atoms. The summed E-state index contributed by atoms with van der Waals surface area (Å²) in [5.41, 5.74) is 0.561. The normalized spacial score (nSPS) is 16.2. The lowest BCUT2D eigenvalue weighted by Gasteiger charge is -2.28. The molecule has 0 saturated heterocycles. The molecule has 0 radical (unpaired) electrons. The van der Waals surface area contributed by atoms with Gasteiger partial charge in [-0.3, -0.25) is 0 Å². The van der Waals surface area contributed by atoms with E-state index in [-0.39, 0.29) is 11.3 Å². The molecule has 3 rings (SSSR count). The van der Waals surface area contributed by atoms with Crippen molar-refractivity contribution in [1.82, 2.24) is 0 Å². The van der Waals surface area contributed by atoms with Crippen molar-refractivity contribution in [1.29, 1.82) is 0 Å². The molecular formula is C18H16O6. The fourth-order valence-electron chi connectivity index (χ4n) is 2.79. The topological polar surface area (TPSA) is 71.1 Å². The van der Waals surface area contributed by atoms with E-state index in [0.29, 0.717) is 11.3 Å². The largest absolute Gasteiger partial charge is 0.495 e. The highest BCUT2D eigenvalue weighted by molar-refractivity contribution is 6.06. The minimum absolute atomic E-state index is 0.0189. The molecular weight excluding hydrogens is 312 g/mol. The summed E-state index contributed by atoms with van der Waals surface area (Å²) in [6.45, 7) is 0. The van der Waals surface area contributed by atoms with E-state index in [9.17, 15) is 9.59 Å². The van der Waals surface area contributed by atoms with Crippen molar-refractivity contribution in [3.05, 3.63) is 47.5 Å². The maximum Gasteiger partial charge on any atom is 0.352 e. The average Bonchev–Trinajstić information content (AvgIpc) is 2.64. The van der Waals surface area contributed by atoms with Crippen LogP contribution >= 0.6 is 0 Å². The van der Waals surface area contributed by atoms with E-state index in [4.69, 9.17) is 18.9 Å². The SMILES string of the molecule is COC(=O)C1=C(OC)c2ccc3ccccc3c2OC1C(=O)OC. The predicted octanol–water partition coefficient (Wildman–Crippen LogP) is 2.30. The molecule has 0 fully saturated rings. The zero-order valence-corrected chi connectivity index (χ0v) is 13.5. The second-order valence-electron chi connectivity index (χ2n) is 5.12.